The molecule has 4 heteroatoms. The molecule has 1 fully saturated rings. The summed E-state index contributed by atoms with van der Waals surface area (Å²) in [5, 5.41) is 1.06. The Morgan fingerprint density at radius 1 is 1.45 bits per heavy atom. The van der Waals surface area contributed by atoms with Gasteiger partial charge in [-0.25, -0.2) is 0 Å². The van der Waals surface area contributed by atoms with E-state index in [1.807, 2.05) is 44.3 Å². The number of hydrogen-bond acceptors (Lipinski definition) is 3. The van der Waals surface area contributed by atoms with Crippen LogP contribution in [0.1, 0.15) is 31.6 Å². The van der Waals surface area contributed by atoms with Gasteiger partial charge in [-0.1, -0.05) is 18.2 Å². The van der Waals surface area contributed by atoms with Gasteiger partial charge >= 0.3 is 0 Å². The molecule has 20 heavy (non-hydrogen) atoms. The van der Waals surface area contributed by atoms with E-state index in [9.17, 15) is 4.79 Å². The van der Waals surface area contributed by atoms with E-state index in [4.69, 9.17) is 10.2 Å². The molecule has 2 aromatic rings. The largest absolute Gasteiger partial charge is 0.459 e. The SMILES string of the molecule is CC(c1cc2ccccc2o1)N(C)C(=O)C1(CN)CC1. The molecular formula is C16H20N2O2. The average molecular weight is 272 g/mol. The highest BCUT2D eigenvalue weighted by molar-refractivity contribution is 5.86. The van der Waals surface area contributed by atoms with Crippen LogP contribution in [0.4, 0.5) is 0 Å². The topological polar surface area (TPSA) is 59.5 Å². The lowest BCUT2D eigenvalue weighted by atomic mass is 10.0. The van der Waals surface area contributed by atoms with E-state index in [1.165, 1.54) is 0 Å². The van der Waals surface area contributed by atoms with Crippen molar-refractivity contribution in [1.29, 1.82) is 0 Å². The molecule has 0 radical (unpaired) electrons. The molecule has 1 unspecified atom stereocenters. The zero-order valence-electron chi connectivity index (χ0n) is 11.9. The maximum absolute atomic E-state index is 12.5. The predicted molar refractivity (Wildman–Crippen MR) is 78.1 cm³/mol. The standard InChI is InChI=1S/C16H20N2O2/c1-11(18(2)15(19)16(10-17)7-8-16)14-9-12-5-3-4-6-13(12)20-14/h3-6,9,11H,7-8,10,17H2,1-2H3. The van der Waals surface area contributed by atoms with Crippen LogP contribution in [0.3, 0.4) is 0 Å². The highest BCUT2D eigenvalue weighted by atomic mass is 16.3. The van der Waals surface area contributed by atoms with Crippen LogP contribution >= 0.6 is 0 Å². The quantitative estimate of drug-likeness (QED) is 0.931. The second-order valence-electron chi connectivity index (χ2n) is 5.76. The maximum atomic E-state index is 12.5. The van der Waals surface area contributed by atoms with Crippen LogP contribution in [0, 0.1) is 5.41 Å². The van der Waals surface area contributed by atoms with E-state index < -0.39 is 0 Å². The van der Waals surface area contributed by atoms with Gasteiger partial charge in [-0.05, 0) is 31.9 Å². The van der Waals surface area contributed by atoms with Gasteiger partial charge in [0.2, 0.25) is 5.91 Å². The minimum Gasteiger partial charge on any atom is -0.459 e. The molecule has 0 aliphatic heterocycles. The molecule has 0 saturated heterocycles. The molecule has 106 valence electrons. The van der Waals surface area contributed by atoms with Crippen LogP contribution in [0.2, 0.25) is 0 Å². The molecule has 0 spiro atoms. The Kier molecular flexibility index (Phi) is 3.05. The Labute approximate surface area is 118 Å². The van der Waals surface area contributed by atoms with Crippen molar-refractivity contribution in [1.82, 2.24) is 4.90 Å². The molecule has 2 N–H and O–H groups in total. The van der Waals surface area contributed by atoms with Gasteiger partial charge in [0.1, 0.15) is 11.3 Å². The second-order valence-corrected chi connectivity index (χ2v) is 5.76. The maximum Gasteiger partial charge on any atom is 0.230 e. The molecule has 1 amide bonds. The number of carbonyl (C=O) groups excluding carboxylic acids is 1. The summed E-state index contributed by atoms with van der Waals surface area (Å²) in [7, 11) is 1.83. The van der Waals surface area contributed by atoms with Crippen molar-refractivity contribution in [2.75, 3.05) is 13.6 Å². The summed E-state index contributed by atoms with van der Waals surface area (Å²) >= 11 is 0. The Morgan fingerprint density at radius 3 is 2.75 bits per heavy atom. The Hall–Kier alpha value is -1.81. The van der Waals surface area contributed by atoms with E-state index in [-0.39, 0.29) is 17.4 Å². The summed E-state index contributed by atoms with van der Waals surface area (Å²) in [5.74, 6) is 0.947. The number of amides is 1. The van der Waals surface area contributed by atoms with Crippen LogP contribution in [0.15, 0.2) is 34.7 Å². The molecule has 1 heterocycles. The van der Waals surface area contributed by atoms with Gasteiger partial charge in [-0.2, -0.15) is 0 Å². The van der Waals surface area contributed by atoms with E-state index in [0.29, 0.717) is 6.54 Å². The van der Waals surface area contributed by atoms with E-state index in [2.05, 4.69) is 0 Å². The summed E-state index contributed by atoms with van der Waals surface area (Å²) in [5.41, 5.74) is 6.28. The lowest BCUT2D eigenvalue weighted by Gasteiger charge is -2.27. The van der Waals surface area contributed by atoms with Gasteiger partial charge in [-0.3, -0.25) is 4.79 Å². The number of rotatable bonds is 4. The third kappa shape index (κ3) is 2.00. The Balaban J connectivity index is 1.84. The number of fused-ring (bicyclic) bond motifs is 1. The lowest BCUT2D eigenvalue weighted by Crippen LogP contribution is -2.39. The zero-order valence-corrected chi connectivity index (χ0v) is 11.9. The molecule has 4 nitrogen and oxygen atoms in total. The summed E-state index contributed by atoms with van der Waals surface area (Å²) in [6.45, 7) is 2.42. The molecule has 1 aliphatic rings. The number of benzene rings is 1. The predicted octanol–water partition coefficient (Wildman–Crippen LogP) is 2.69. The van der Waals surface area contributed by atoms with Gasteiger partial charge in [0.15, 0.2) is 0 Å². The van der Waals surface area contributed by atoms with Crippen molar-refractivity contribution < 1.29 is 9.21 Å². The molecule has 3 rings (SSSR count). The first-order valence-electron chi connectivity index (χ1n) is 7.03. The highest BCUT2D eigenvalue weighted by Crippen LogP contribution is 2.47. The minimum atomic E-state index is -0.310. The first kappa shape index (κ1) is 13.2. The fourth-order valence-electron chi connectivity index (χ4n) is 2.61. The van der Waals surface area contributed by atoms with Crippen molar-refractivity contribution in [2.24, 2.45) is 11.1 Å². The fourth-order valence-corrected chi connectivity index (χ4v) is 2.61. The van der Waals surface area contributed by atoms with Gasteiger partial charge in [0.05, 0.1) is 11.5 Å². The Morgan fingerprint density at radius 2 is 2.15 bits per heavy atom. The normalized spacial score (nSPS) is 17.9. The van der Waals surface area contributed by atoms with Crippen molar-refractivity contribution in [3.05, 3.63) is 36.1 Å². The molecule has 1 atom stereocenters. The van der Waals surface area contributed by atoms with Crippen LogP contribution in [0.25, 0.3) is 11.0 Å². The average Bonchev–Trinajstić information content (AvgIpc) is 3.16. The molecule has 1 saturated carbocycles. The number of carbonyl (C=O) groups is 1. The fraction of sp³-hybridized carbons (Fsp3) is 0.438. The lowest BCUT2D eigenvalue weighted by molar-refractivity contribution is -0.137. The van der Waals surface area contributed by atoms with Crippen molar-refractivity contribution in [3.8, 4) is 0 Å². The summed E-state index contributed by atoms with van der Waals surface area (Å²) in [6.07, 6.45) is 1.80. The van der Waals surface area contributed by atoms with Crippen LogP contribution < -0.4 is 5.73 Å². The Bertz CT molecular complexity index is 610. The number of nitrogens with two attached hydrogens (primary N) is 1. The molecular weight excluding hydrogens is 252 g/mol. The number of hydrogen-bond donors (Lipinski definition) is 1. The van der Waals surface area contributed by atoms with Gasteiger partial charge in [0, 0.05) is 19.0 Å². The highest BCUT2D eigenvalue weighted by Gasteiger charge is 2.50. The number of furan rings is 1. The summed E-state index contributed by atoms with van der Waals surface area (Å²) in [4.78, 5) is 14.3. The van der Waals surface area contributed by atoms with E-state index in [0.717, 1.165) is 29.6 Å². The van der Waals surface area contributed by atoms with Crippen molar-refractivity contribution >= 4 is 16.9 Å². The smallest absolute Gasteiger partial charge is 0.230 e. The van der Waals surface area contributed by atoms with Crippen molar-refractivity contribution in [2.45, 2.75) is 25.8 Å². The minimum absolute atomic E-state index is 0.0843. The monoisotopic (exact) mass is 272 g/mol. The van der Waals surface area contributed by atoms with Crippen molar-refractivity contribution in [3.63, 3.8) is 0 Å². The molecule has 1 aromatic heterocycles. The van der Waals surface area contributed by atoms with E-state index >= 15 is 0 Å². The zero-order chi connectivity index (χ0) is 14.3. The number of nitrogens with zero attached hydrogens (tertiary/aromatic N) is 1. The van der Waals surface area contributed by atoms with Crippen LogP contribution in [0.5, 0.6) is 0 Å². The van der Waals surface area contributed by atoms with Gasteiger partial charge < -0.3 is 15.1 Å². The van der Waals surface area contributed by atoms with E-state index in [1.54, 1.807) is 4.90 Å². The second kappa shape index (κ2) is 4.63. The number of para-hydroxylation sites is 1. The summed E-state index contributed by atoms with van der Waals surface area (Å²) in [6, 6.07) is 9.80. The first-order valence-corrected chi connectivity index (χ1v) is 7.03. The van der Waals surface area contributed by atoms with Gasteiger partial charge in [0.25, 0.3) is 0 Å². The summed E-state index contributed by atoms with van der Waals surface area (Å²) < 4.78 is 5.84. The molecule has 1 aromatic carbocycles. The van der Waals surface area contributed by atoms with Crippen LogP contribution in [-0.2, 0) is 4.79 Å². The van der Waals surface area contributed by atoms with Gasteiger partial charge in [-0.15, -0.1) is 0 Å². The molecule has 1 aliphatic carbocycles. The third-order valence-corrected chi connectivity index (χ3v) is 4.46. The first-order chi connectivity index (χ1) is 9.57. The van der Waals surface area contributed by atoms with Crippen LogP contribution in [-0.4, -0.2) is 24.4 Å². The third-order valence-electron chi connectivity index (χ3n) is 4.46. The molecule has 0 bridgehead atoms.